The van der Waals surface area contributed by atoms with Gasteiger partial charge in [0, 0.05) is 36.4 Å². The summed E-state index contributed by atoms with van der Waals surface area (Å²) in [6.07, 6.45) is 2.96. The standard InChI is InChI=1S/C22H23FN4O3S/c1-22(13-3-5-14(23)6-4-13)18(21(28)29-2)17(11-27-10-16-9-15(27)12-30-16)25-19(26-22)20-24-7-8-31-20/h3-8,15-16H,9-12H2,1-2H3,(H,25,26). The lowest BCUT2D eigenvalue weighted by Crippen LogP contribution is -2.47. The zero-order valence-electron chi connectivity index (χ0n) is 17.3. The summed E-state index contributed by atoms with van der Waals surface area (Å²) in [5, 5.41) is 5.97. The fourth-order valence-electron chi connectivity index (χ4n) is 4.65. The molecular weight excluding hydrogens is 419 g/mol. The van der Waals surface area contributed by atoms with Crippen molar-refractivity contribution in [1.29, 1.82) is 0 Å². The summed E-state index contributed by atoms with van der Waals surface area (Å²) in [4.78, 5) is 24.7. The number of halogens is 1. The lowest BCUT2D eigenvalue weighted by molar-refractivity contribution is -0.137. The number of fused-ring (bicyclic) bond motifs is 2. The normalized spacial score (nSPS) is 27.9. The number of carbonyl (C=O) groups is 1. The number of hydrogen-bond acceptors (Lipinski definition) is 8. The number of amidine groups is 1. The molecule has 7 nitrogen and oxygen atoms in total. The third kappa shape index (κ3) is 3.56. The van der Waals surface area contributed by atoms with Gasteiger partial charge in [-0.15, -0.1) is 11.3 Å². The van der Waals surface area contributed by atoms with E-state index in [9.17, 15) is 9.18 Å². The highest BCUT2D eigenvalue weighted by atomic mass is 32.1. The van der Waals surface area contributed by atoms with Gasteiger partial charge in [-0.05, 0) is 31.0 Å². The number of benzene rings is 1. The van der Waals surface area contributed by atoms with Crippen molar-refractivity contribution in [3.8, 4) is 0 Å². The smallest absolute Gasteiger partial charge is 0.338 e. The first-order valence-electron chi connectivity index (χ1n) is 10.2. The van der Waals surface area contributed by atoms with Crippen LogP contribution in [0, 0.1) is 5.82 Å². The lowest BCUT2D eigenvalue weighted by atomic mass is 9.82. The summed E-state index contributed by atoms with van der Waals surface area (Å²) >= 11 is 1.46. The van der Waals surface area contributed by atoms with Gasteiger partial charge >= 0.3 is 5.97 Å². The molecule has 162 valence electrons. The highest BCUT2D eigenvalue weighted by molar-refractivity contribution is 7.11. The first kappa shape index (κ1) is 20.3. The largest absolute Gasteiger partial charge is 0.466 e. The Bertz CT molecular complexity index is 1050. The van der Waals surface area contributed by atoms with E-state index in [0.717, 1.165) is 23.7 Å². The minimum atomic E-state index is -1.06. The predicted molar refractivity (Wildman–Crippen MR) is 114 cm³/mol. The van der Waals surface area contributed by atoms with Crippen LogP contribution in [0.2, 0.25) is 0 Å². The number of esters is 1. The van der Waals surface area contributed by atoms with Crippen LogP contribution in [-0.4, -0.2) is 60.6 Å². The molecule has 2 aromatic rings. The number of ether oxygens (including phenoxy) is 2. The predicted octanol–water partition coefficient (Wildman–Crippen LogP) is 2.45. The van der Waals surface area contributed by atoms with E-state index in [1.165, 1.54) is 30.6 Å². The van der Waals surface area contributed by atoms with Gasteiger partial charge in [-0.1, -0.05) is 12.1 Å². The van der Waals surface area contributed by atoms with Gasteiger partial charge in [0.15, 0.2) is 10.8 Å². The number of hydrogen-bond donors (Lipinski definition) is 1. The number of thiazole rings is 1. The van der Waals surface area contributed by atoms with E-state index in [1.807, 2.05) is 12.3 Å². The molecule has 4 heterocycles. The van der Waals surface area contributed by atoms with Crippen molar-refractivity contribution in [2.75, 3.05) is 26.8 Å². The molecule has 0 amide bonds. The molecule has 2 saturated heterocycles. The molecular formula is C22H23FN4O3S. The van der Waals surface area contributed by atoms with Crippen molar-refractivity contribution in [2.24, 2.45) is 4.99 Å². The third-order valence-corrected chi connectivity index (χ3v) is 6.98. The molecule has 1 aromatic heterocycles. The van der Waals surface area contributed by atoms with E-state index in [2.05, 4.69) is 15.2 Å². The molecule has 0 saturated carbocycles. The molecule has 3 aliphatic rings. The molecule has 3 atom stereocenters. The molecule has 5 rings (SSSR count). The number of nitrogens with one attached hydrogen (secondary N) is 1. The molecule has 1 aromatic carbocycles. The molecule has 0 radical (unpaired) electrons. The Labute approximate surface area is 183 Å². The fraction of sp³-hybridized carbons (Fsp3) is 0.409. The average molecular weight is 443 g/mol. The van der Waals surface area contributed by atoms with Gasteiger partial charge < -0.3 is 14.8 Å². The van der Waals surface area contributed by atoms with Crippen LogP contribution in [0.1, 0.15) is 23.9 Å². The molecule has 31 heavy (non-hydrogen) atoms. The molecule has 1 N–H and O–H groups in total. The van der Waals surface area contributed by atoms with Crippen LogP contribution in [0.5, 0.6) is 0 Å². The highest BCUT2D eigenvalue weighted by Crippen LogP contribution is 2.40. The van der Waals surface area contributed by atoms with Crippen molar-refractivity contribution in [1.82, 2.24) is 15.2 Å². The van der Waals surface area contributed by atoms with Gasteiger partial charge in [0.05, 0.1) is 25.4 Å². The van der Waals surface area contributed by atoms with E-state index in [1.54, 1.807) is 18.3 Å². The van der Waals surface area contributed by atoms with E-state index >= 15 is 0 Å². The molecule has 3 aliphatic heterocycles. The number of aliphatic imine (C=N–C) groups is 1. The number of carbonyl (C=O) groups excluding carboxylic acids is 1. The SMILES string of the molecule is COC(=O)C1=C(CN2CC3CC2CO3)NC(c2nccs2)=NC1(C)c1ccc(F)cc1. The topological polar surface area (TPSA) is 76.0 Å². The minimum Gasteiger partial charge on any atom is -0.466 e. The van der Waals surface area contributed by atoms with Crippen molar-refractivity contribution in [3.63, 3.8) is 0 Å². The number of rotatable bonds is 5. The third-order valence-electron chi connectivity index (χ3n) is 6.20. The maximum Gasteiger partial charge on any atom is 0.338 e. The zero-order chi connectivity index (χ0) is 21.6. The Hall–Kier alpha value is -2.62. The quantitative estimate of drug-likeness (QED) is 0.717. The number of likely N-dealkylation sites (tertiary alicyclic amines) is 1. The number of nitrogens with zero attached hydrogens (tertiary/aromatic N) is 3. The molecule has 0 aliphatic carbocycles. The van der Waals surface area contributed by atoms with Gasteiger partial charge in [0.2, 0.25) is 0 Å². The van der Waals surface area contributed by atoms with E-state index in [0.29, 0.717) is 36.2 Å². The van der Waals surface area contributed by atoms with Crippen molar-refractivity contribution in [2.45, 2.75) is 31.0 Å². The van der Waals surface area contributed by atoms with Crippen molar-refractivity contribution >= 4 is 23.1 Å². The van der Waals surface area contributed by atoms with Crippen LogP contribution >= 0.6 is 11.3 Å². The maximum atomic E-state index is 13.7. The van der Waals surface area contributed by atoms with Gasteiger partial charge in [0.1, 0.15) is 11.4 Å². The average Bonchev–Trinajstić information content (AvgIpc) is 3.52. The summed E-state index contributed by atoms with van der Waals surface area (Å²) in [5.74, 6) is -0.218. The number of aromatic nitrogens is 1. The Morgan fingerprint density at radius 1 is 1.42 bits per heavy atom. The van der Waals surface area contributed by atoms with Crippen LogP contribution in [-0.2, 0) is 19.8 Å². The fourth-order valence-corrected chi connectivity index (χ4v) is 5.23. The Balaban J connectivity index is 1.63. The van der Waals surface area contributed by atoms with E-state index < -0.39 is 11.5 Å². The Kier molecular flexibility index (Phi) is 5.11. The van der Waals surface area contributed by atoms with Gasteiger partial charge in [-0.3, -0.25) is 4.90 Å². The summed E-state index contributed by atoms with van der Waals surface area (Å²) in [6, 6.07) is 6.42. The van der Waals surface area contributed by atoms with Gasteiger partial charge in [-0.25, -0.2) is 19.2 Å². The monoisotopic (exact) mass is 442 g/mol. The molecule has 9 heteroatoms. The van der Waals surface area contributed by atoms with E-state index in [-0.39, 0.29) is 11.9 Å². The minimum absolute atomic E-state index is 0.242. The second-order valence-corrected chi connectivity index (χ2v) is 9.02. The molecule has 3 unspecified atom stereocenters. The van der Waals surface area contributed by atoms with Crippen molar-refractivity contribution < 1.29 is 18.7 Å². The zero-order valence-corrected chi connectivity index (χ0v) is 18.1. The molecule has 2 fully saturated rings. The van der Waals surface area contributed by atoms with E-state index in [4.69, 9.17) is 14.5 Å². The maximum absolute atomic E-state index is 13.7. The molecule has 2 bridgehead atoms. The number of methoxy groups -OCH3 is 1. The van der Waals surface area contributed by atoms with Crippen LogP contribution in [0.3, 0.4) is 0 Å². The van der Waals surface area contributed by atoms with Gasteiger partial charge in [0.25, 0.3) is 0 Å². The highest BCUT2D eigenvalue weighted by Gasteiger charge is 2.45. The van der Waals surface area contributed by atoms with Crippen molar-refractivity contribution in [3.05, 3.63) is 63.5 Å². The Morgan fingerprint density at radius 3 is 2.84 bits per heavy atom. The second kappa shape index (κ2) is 7.81. The lowest BCUT2D eigenvalue weighted by Gasteiger charge is -2.37. The summed E-state index contributed by atoms with van der Waals surface area (Å²) in [6.45, 7) is 3.92. The molecule has 0 spiro atoms. The van der Waals surface area contributed by atoms with Crippen LogP contribution in [0.25, 0.3) is 0 Å². The summed E-state index contributed by atoms with van der Waals surface area (Å²) in [7, 11) is 1.36. The Morgan fingerprint density at radius 2 is 2.23 bits per heavy atom. The first-order valence-corrected chi connectivity index (χ1v) is 11.1. The summed E-state index contributed by atoms with van der Waals surface area (Å²) < 4.78 is 24.6. The first-order chi connectivity index (χ1) is 15.0. The summed E-state index contributed by atoms with van der Waals surface area (Å²) in [5.41, 5.74) is 0.795. The van der Waals surface area contributed by atoms with Crippen LogP contribution in [0.4, 0.5) is 4.39 Å². The number of morpholine rings is 1. The second-order valence-electron chi connectivity index (χ2n) is 8.12. The van der Waals surface area contributed by atoms with Crippen LogP contribution in [0.15, 0.2) is 52.1 Å². The van der Waals surface area contributed by atoms with Gasteiger partial charge in [-0.2, -0.15) is 0 Å². The van der Waals surface area contributed by atoms with Crippen LogP contribution < -0.4 is 5.32 Å².